The molecule has 1 N–H and O–H groups in total. The topological polar surface area (TPSA) is 114 Å². The number of amides is 1. The van der Waals surface area contributed by atoms with E-state index in [4.69, 9.17) is 0 Å². The second kappa shape index (κ2) is 6.88. The molecule has 9 heteroatoms. The molecule has 132 valence electrons. The number of piperidine rings is 1. The van der Waals surface area contributed by atoms with Crippen molar-refractivity contribution in [1.29, 1.82) is 0 Å². The van der Waals surface area contributed by atoms with Gasteiger partial charge in [-0.1, -0.05) is 0 Å². The number of nitrogens with zero attached hydrogens (tertiary/aromatic N) is 5. The van der Waals surface area contributed by atoms with Gasteiger partial charge in [-0.2, -0.15) is 0 Å². The molecule has 0 atom stereocenters. The molecule has 0 bridgehead atoms. The van der Waals surface area contributed by atoms with E-state index in [2.05, 4.69) is 10.2 Å². The predicted octanol–water partition coefficient (Wildman–Crippen LogP) is 1.93. The fourth-order valence-electron chi connectivity index (χ4n) is 3.16. The number of hydrogen-bond donors (Lipinski definition) is 1. The third-order valence-electron chi connectivity index (χ3n) is 4.55. The van der Waals surface area contributed by atoms with Gasteiger partial charge in [0, 0.05) is 37.2 Å². The van der Waals surface area contributed by atoms with Crippen molar-refractivity contribution >= 4 is 11.6 Å². The Morgan fingerprint density at radius 1 is 1.40 bits per heavy atom. The maximum Gasteiger partial charge on any atom is 0.310 e. The molecule has 1 aromatic heterocycles. The monoisotopic (exact) mass is 345 g/mol. The molecule has 9 nitrogen and oxygen atoms in total. The molecule has 0 saturated carbocycles. The zero-order chi connectivity index (χ0) is 18.0. The van der Waals surface area contributed by atoms with E-state index in [-0.39, 0.29) is 17.4 Å². The number of likely N-dealkylation sites (tertiary alicyclic amines) is 1. The Hall–Kier alpha value is -2.97. The highest BCUT2D eigenvalue weighted by Gasteiger charge is 2.28. The molecular weight excluding hydrogens is 326 g/mol. The van der Waals surface area contributed by atoms with E-state index in [1.54, 1.807) is 11.2 Å². The van der Waals surface area contributed by atoms with Crippen LogP contribution in [0.15, 0.2) is 24.5 Å². The molecule has 0 spiro atoms. The minimum absolute atomic E-state index is 0.236. The lowest BCUT2D eigenvalue weighted by Gasteiger charge is -2.31. The molecule has 1 saturated heterocycles. The zero-order valence-corrected chi connectivity index (χ0v) is 13.8. The number of carbonyl (C=O) groups excluding carboxylic acids is 1. The molecule has 25 heavy (non-hydrogen) atoms. The second-order valence-corrected chi connectivity index (χ2v) is 6.00. The number of aromatic hydroxyl groups is 1. The lowest BCUT2D eigenvalue weighted by molar-refractivity contribution is -0.385. The first-order valence-electron chi connectivity index (χ1n) is 8.15. The molecule has 1 amide bonds. The molecule has 1 aromatic carbocycles. The summed E-state index contributed by atoms with van der Waals surface area (Å²) in [6.45, 7) is 3.98. The van der Waals surface area contributed by atoms with Crippen molar-refractivity contribution in [3.63, 3.8) is 0 Å². The third kappa shape index (κ3) is 3.30. The van der Waals surface area contributed by atoms with Crippen LogP contribution in [0.2, 0.25) is 0 Å². The summed E-state index contributed by atoms with van der Waals surface area (Å²) in [5.74, 6) is 0.474. The zero-order valence-electron chi connectivity index (χ0n) is 13.8. The van der Waals surface area contributed by atoms with Crippen molar-refractivity contribution < 1.29 is 14.8 Å². The summed E-state index contributed by atoms with van der Waals surface area (Å²) >= 11 is 0. The smallest absolute Gasteiger partial charge is 0.310 e. The number of nitro groups is 1. The van der Waals surface area contributed by atoms with Gasteiger partial charge in [0.05, 0.1) is 4.92 Å². The number of benzene rings is 1. The molecule has 2 heterocycles. The van der Waals surface area contributed by atoms with Gasteiger partial charge in [0.1, 0.15) is 12.2 Å². The number of phenolic OH excluding ortho intramolecular Hbond substituents is 1. The van der Waals surface area contributed by atoms with Gasteiger partial charge < -0.3 is 14.6 Å². The molecule has 0 aliphatic carbocycles. The number of carbonyl (C=O) groups is 1. The molecule has 1 fully saturated rings. The normalized spacial score (nSPS) is 15.3. The first-order chi connectivity index (χ1) is 12.0. The number of hydrogen-bond acceptors (Lipinski definition) is 6. The highest BCUT2D eigenvalue weighted by Crippen LogP contribution is 2.29. The fourth-order valence-corrected chi connectivity index (χ4v) is 3.16. The van der Waals surface area contributed by atoms with E-state index in [0.717, 1.165) is 37.3 Å². The van der Waals surface area contributed by atoms with Crippen LogP contribution in [0.3, 0.4) is 0 Å². The van der Waals surface area contributed by atoms with Gasteiger partial charge in [0.2, 0.25) is 0 Å². The summed E-state index contributed by atoms with van der Waals surface area (Å²) in [5, 5.41) is 28.6. The maximum absolute atomic E-state index is 12.6. The predicted molar refractivity (Wildman–Crippen MR) is 88.3 cm³/mol. The molecule has 0 unspecified atom stereocenters. The Balaban J connectivity index is 1.67. The fraction of sp³-hybridized carbons (Fsp3) is 0.438. The highest BCUT2D eigenvalue weighted by molar-refractivity contribution is 5.95. The Morgan fingerprint density at radius 3 is 2.72 bits per heavy atom. The van der Waals surface area contributed by atoms with E-state index >= 15 is 0 Å². The van der Waals surface area contributed by atoms with Crippen molar-refractivity contribution in [2.24, 2.45) is 0 Å². The molecular formula is C16H19N5O4. The summed E-state index contributed by atoms with van der Waals surface area (Å²) < 4.78 is 2.01. The average molecular weight is 345 g/mol. The van der Waals surface area contributed by atoms with E-state index in [9.17, 15) is 20.0 Å². The Labute approximate surface area is 144 Å². The van der Waals surface area contributed by atoms with Crippen LogP contribution in [0.5, 0.6) is 5.75 Å². The SMILES string of the molecule is CCn1cnnc1C1CCN(C(=O)c2ccc([N+](=O)[O-])c(O)c2)CC1. The Morgan fingerprint density at radius 2 is 2.12 bits per heavy atom. The van der Waals surface area contributed by atoms with E-state index in [0.29, 0.717) is 13.1 Å². The van der Waals surface area contributed by atoms with Crippen LogP contribution in [-0.4, -0.2) is 48.7 Å². The molecule has 1 aliphatic rings. The lowest BCUT2D eigenvalue weighted by atomic mass is 9.95. The summed E-state index contributed by atoms with van der Waals surface area (Å²) in [6.07, 6.45) is 3.28. The Bertz CT molecular complexity index is 796. The number of aryl methyl sites for hydroxylation is 1. The second-order valence-electron chi connectivity index (χ2n) is 6.00. The van der Waals surface area contributed by atoms with Crippen LogP contribution >= 0.6 is 0 Å². The van der Waals surface area contributed by atoms with Gasteiger partial charge >= 0.3 is 5.69 Å². The van der Waals surface area contributed by atoms with Gasteiger partial charge in [-0.25, -0.2) is 0 Å². The van der Waals surface area contributed by atoms with Gasteiger partial charge in [-0.05, 0) is 31.9 Å². The first-order valence-corrected chi connectivity index (χ1v) is 8.15. The van der Waals surface area contributed by atoms with Crippen LogP contribution < -0.4 is 0 Å². The van der Waals surface area contributed by atoms with Crippen molar-refractivity contribution in [3.8, 4) is 5.75 Å². The van der Waals surface area contributed by atoms with Crippen molar-refractivity contribution in [3.05, 3.63) is 46.0 Å². The van der Waals surface area contributed by atoms with Crippen molar-refractivity contribution in [1.82, 2.24) is 19.7 Å². The number of aromatic nitrogens is 3. The van der Waals surface area contributed by atoms with Crippen LogP contribution in [0, 0.1) is 10.1 Å². The van der Waals surface area contributed by atoms with E-state index in [1.807, 2.05) is 11.5 Å². The van der Waals surface area contributed by atoms with Crippen LogP contribution in [0.25, 0.3) is 0 Å². The number of rotatable bonds is 4. The van der Waals surface area contributed by atoms with E-state index in [1.165, 1.54) is 6.07 Å². The molecule has 1 aliphatic heterocycles. The largest absolute Gasteiger partial charge is 0.502 e. The van der Waals surface area contributed by atoms with Gasteiger partial charge in [0.25, 0.3) is 5.91 Å². The van der Waals surface area contributed by atoms with Crippen LogP contribution in [0.1, 0.15) is 41.9 Å². The summed E-state index contributed by atoms with van der Waals surface area (Å²) in [7, 11) is 0. The van der Waals surface area contributed by atoms with Crippen LogP contribution in [0.4, 0.5) is 5.69 Å². The summed E-state index contributed by atoms with van der Waals surface area (Å²) in [5.41, 5.74) is -0.160. The minimum Gasteiger partial charge on any atom is -0.502 e. The highest BCUT2D eigenvalue weighted by atomic mass is 16.6. The molecule has 3 rings (SSSR count). The van der Waals surface area contributed by atoms with Gasteiger partial charge in [0.15, 0.2) is 5.75 Å². The number of nitro benzene ring substituents is 1. The Kier molecular flexibility index (Phi) is 4.64. The van der Waals surface area contributed by atoms with Crippen LogP contribution in [-0.2, 0) is 6.54 Å². The van der Waals surface area contributed by atoms with Crippen molar-refractivity contribution in [2.75, 3.05) is 13.1 Å². The minimum atomic E-state index is -0.682. The summed E-state index contributed by atoms with van der Waals surface area (Å²) in [4.78, 5) is 24.3. The summed E-state index contributed by atoms with van der Waals surface area (Å²) in [6, 6.07) is 3.68. The van der Waals surface area contributed by atoms with Gasteiger partial charge in [-0.15, -0.1) is 10.2 Å². The third-order valence-corrected chi connectivity index (χ3v) is 4.55. The molecule has 2 aromatic rings. The number of phenols is 1. The van der Waals surface area contributed by atoms with Gasteiger partial charge in [-0.3, -0.25) is 14.9 Å². The average Bonchev–Trinajstić information content (AvgIpc) is 3.09. The molecule has 0 radical (unpaired) electrons. The lowest BCUT2D eigenvalue weighted by Crippen LogP contribution is -2.38. The van der Waals surface area contributed by atoms with Crippen molar-refractivity contribution in [2.45, 2.75) is 32.2 Å². The van der Waals surface area contributed by atoms with E-state index < -0.39 is 16.4 Å². The standard InChI is InChI=1S/C16H19N5O4/c1-2-19-10-17-18-15(19)11-5-7-20(8-6-11)16(23)12-3-4-13(21(24)25)14(22)9-12/h3-4,9-11,22H,2,5-8H2,1H3. The quantitative estimate of drug-likeness (QED) is 0.669. The first kappa shape index (κ1) is 16.9. The maximum atomic E-state index is 12.6.